The van der Waals surface area contributed by atoms with Gasteiger partial charge in [-0.05, 0) is 32.6 Å². The van der Waals surface area contributed by atoms with E-state index in [1.165, 1.54) is 30.4 Å². The van der Waals surface area contributed by atoms with Crippen molar-refractivity contribution in [1.82, 2.24) is 19.8 Å². The summed E-state index contributed by atoms with van der Waals surface area (Å²) in [7, 11) is -0.120. The molecule has 1 aliphatic rings. The van der Waals surface area contributed by atoms with E-state index in [0.29, 0.717) is 31.6 Å². The van der Waals surface area contributed by atoms with Crippen LogP contribution in [-0.4, -0.2) is 47.9 Å². The lowest BCUT2D eigenvalue weighted by Crippen LogP contribution is -2.47. The lowest BCUT2D eigenvalue weighted by molar-refractivity contribution is 0.142. The van der Waals surface area contributed by atoms with E-state index in [1.54, 1.807) is 4.90 Å². The van der Waals surface area contributed by atoms with E-state index in [1.807, 2.05) is 13.8 Å². The third-order valence-corrected chi connectivity index (χ3v) is 7.16. The lowest BCUT2D eigenvalue weighted by atomic mass is 9.86. The number of piperidine rings is 1. The molecule has 0 aromatic carbocycles. The largest absolute Gasteiger partial charge is 0.363 e. The number of amides is 2. The summed E-state index contributed by atoms with van der Waals surface area (Å²) < 4.78 is 44.9. The molecule has 0 spiro atoms. The molecule has 11 heteroatoms. The van der Waals surface area contributed by atoms with E-state index in [0.717, 1.165) is 0 Å². The highest BCUT2D eigenvalue weighted by Gasteiger charge is 2.41. The van der Waals surface area contributed by atoms with Gasteiger partial charge in [0.15, 0.2) is 0 Å². The van der Waals surface area contributed by atoms with Gasteiger partial charge in [-0.25, -0.2) is 13.6 Å². The minimum Gasteiger partial charge on any atom is -0.363 e. The van der Waals surface area contributed by atoms with Crippen LogP contribution in [0.5, 0.6) is 0 Å². The van der Waals surface area contributed by atoms with Crippen LogP contribution in [0, 0.1) is 5.92 Å². The zero-order valence-electron chi connectivity index (χ0n) is 15.9. The van der Waals surface area contributed by atoms with Gasteiger partial charge in [0, 0.05) is 31.1 Å². The van der Waals surface area contributed by atoms with Crippen molar-refractivity contribution in [2.45, 2.75) is 42.8 Å². The first-order chi connectivity index (χ1) is 13.2. The fourth-order valence-electron chi connectivity index (χ4n) is 3.46. The number of anilines is 1. The summed E-state index contributed by atoms with van der Waals surface area (Å²) in [4.78, 5) is 14.0. The predicted octanol–water partition coefficient (Wildman–Crippen LogP) is 3.18. The summed E-state index contributed by atoms with van der Waals surface area (Å²) in [6.07, 6.45) is 2.62. The Bertz CT molecular complexity index is 845. The van der Waals surface area contributed by atoms with E-state index in [9.17, 15) is 17.8 Å². The number of alkyl halides is 2. The smallest absolute Gasteiger partial charge is 0.321 e. The van der Waals surface area contributed by atoms with Gasteiger partial charge in [-0.3, -0.25) is 8.89 Å². The van der Waals surface area contributed by atoms with Gasteiger partial charge < -0.3 is 14.7 Å². The number of aromatic nitrogens is 3. The number of carbonyl (C=O) groups is 1. The number of urea groups is 1. The van der Waals surface area contributed by atoms with E-state index in [2.05, 4.69) is 20.1 Å². The van der Waals surface area contributed by atoms with E-state index in [4.69, 9.17) is 0 Å². The van der Waals surface area contributed by atoms with Crippen LogP contribution in [-0.2, 0) is 17.8 Å². The van der Waals surface area contributed by atoms with Gasteiger partial charge >= 0.3 is 6.03 Å². The molecule has 1 N–H and O–H groups in total. The SMILES string of the molecule is Cn1cc(S(=O)C(C)(C)C2CCN(C(=O)Nc3cnoc3)CC2)c(C(F)F)n1. The topological polar surface area (TPSA) is 93.3 Å². The first-order valence-corrected chi connectivity index (χ1v) is 10.0. The number of aryl methyl sites for hydroxylation is 1. The first-order valence-electron chi connectivity index (χ1n) is 8.89. The standard InChI is InChI=1S/C17H23F2N5O3S/c1-17(2,28(26)13-9-23(3)22-14(13)15(18)19)11-4-6-24(7-5-11)16(25)21-12-8-20-27-10-12/h8-11,15H,4-7H2,1-3H3,(H,21,25). The van der Waals surface area contributed by atoms with Crippen molar-refractivity contribution >= 4 is 22.5 Å². The molecule has 2 aromatic rings. The molecule has 1 saturated heterocycles. The van der Waals surface area contributed by atoms with Crippen LogP contribution >= 0.6 is 0 Å². The minimum absolute atomic E-state index is 0.0127. The number of hydrogen-bond acceptors (Lipinski definition) is 5. The summed E-state index contributed by atoms with van der Waals surface area (Å²) in [5.74, 6) is 0.0127. The maximum atomic E-state index is 13.3. The van der Waals surface area contributed by atoms with Gasteiger partial charge in [0.2, 0.25) is 0 Å². The Morgan fingerprint density at radius 1 is 1.39 bits per heavy atom. The Balaban J connectivity index is 1.65. The van der Waals surface area contributed by atoms with Crippen molar-refractivity contribution in [2.75, 3.05) is 18.4 Å². The Morgan fingerprint density at radius 3 is 2.64 bits per heavy atom. The van der Waals surface area contributed by atoms with E-state index < -0.39 is 27.7 Å². The zero-order valence-corrected chi connectivity index (χ0v) is 16.7. The normalized spacial score (nSPS) is 17.1. The summed E-state index contributed by atoms with van der Waals surface area (Å²) >= 11 is 0. The van der Waals surface area contributed by atoms with Crippen LogP contribution in [0.3, 0.4) is 0 Å². The predicted molar refractivity (Wildman–Crippen MR) is 98.5 cm³/mol. The number of carbonyl (C=O) groups excluding carboxylic acids is 1. The lowest BCUT2D eigenvalue weighted by Gasteiger charge is -2.39. The molecule has 1 aliphatic heterocycles. The molecule has 0 saturated carbocycles. The second kappa shape index (κ2) is 7.98. The molecule has 8 nitrogen and oxygen atoms in total. The monoisotopic (exact) mass is 415 g/mol. The third-order valence-electron chi connectivity index (χ3n) is 5.16. The molecular formula is C17H23F2N5O3S. The molecule has 1 atom stereocenters. The Morgan fingerprint density at radius 2 is 2.07 bits per heavy atom. The zero-order chi connectivity index (χ0) is 20.5. The molecule has 2 aromatic heterocycles. The Labute approximate surface area is 163 Å². The summed E-state index contributed by atoms with van der Waals surface area (Å²) in [5.41, 5.74) is 0.0455. The van der Waals surface area contributed by atoms with E-state index >= 15 is 0 Å². The van der Waals surface area contributed by atoms with Crippen molar-refractivity contribution in [1.29, 1.82) is 0 Å². The number of likely N-dealkylation sites (tertiary alicyclic amines) is 1. The summed E-state index contributed by atoms with van der Waals surface area (Å²) in [6, 6.07) is -0.257. The van der Waals surface area contributed by atoms with Crippen LogP contribution in [0.1, 0.15) is 38.8 Å². The van der Waals surface area contributed by atoms with Crippen molar-refractivity contribution in [3.8, 4) is 0 Å². The van der Waals surface area contributed by atoms with Crippen molar-refractivity contribution in [3.63, 3.8) is 0 Å². The number of rotatable bonds is 5. The highest BCUT2D eigenvalue weighted by molar-refractivity contribution is 7.86. The molecule has 0 radical (unpaired) electrons. The van der Waals surface area contributed by atoms with Gasteiger partial charge in [0.1, 0.15) is 17.6 Å². The van der Waals surface area contributed by atoms with Gasteiger partial charge in [-0.2, -0.15) is 5.10 Å². The van der Waals surface area contributed by atoms with Crippen molar-refractivity contribution in [3.05, 3.63) is 24.4 Å². The van der Waals surface area contributed by atoms with Crippen LogP contribution in [0.4, 0.5) is 19.3 Å². The first kappa shape index (κ1) is 20.4. The second-order valence-electron chi connectivity index (χ2n) is 7.33. The molecule has 0 aliphatic carbocycles. The van der Waals surface area contributed by atoms with Crippen LogP contribution in [0.15, 0.2) is 28.1 Å². The Hall–Kier alpha value is -2.30. The van der Waals surface area contributed by atoms with Gasteiger partial charge in [0.25, 0.3) is 6.43 Å². The quantitative estimate of drug-likeness (QED) is 0.810. The average molecular weight is 415 g/mol. The maximum Gasteiger partial charge on any atom is 0.321 e. The fraction of sp³-hybridized carbons (Fsp3) is 0.588. The maximum absolute atomic E-state index is 13.3. The van der Waals surface area contributed by atoms with Gasteiger partial charge in [-0.1, -0.05) is 5.16 Å². The van der Waals surface area contributed by atoms with Crippen molar-refractivity contribution < 1.29 is 22.3 Å². The van der Waals surface area contributed by atoms with Crippen LogP contribution in [0.2, 0.25) is 0 Å². The van der Waals surface area contributed by atoms with Crippen LogP contribution < -0.4 is 5.32 Å². The number of hydrogen-bond donors (Lipinski definition) is 1. The highest BCUT2D eigenvalue weighted by Crippen LogP contribution is 2.37. The number of halogens is 2. The highest BCUT2D eigenvalue weighted by atomic mass is 32.2. The fourth-order valence-corrected chi connectivity index (χ4v) is 5.13. The van der Waals surface area contributed by atoms with Gasteiger partial charge in [-0.15, -0.1) is 0 Å². The Kier molecular flexibility index (Phi) is 5.82. The minimum atomic E-state index is -2.78. The molecule has 2 amide bonds. The average Bonchev–Trinajstić information content (AvgIpc) is 3.30. The molecule has 1 unspecified atom stereocenters. The van der Waals surface area contributed by atoms with E-state index in [-0.39, 0.29) is 16.8 Å². The molecule has 3 rings (SSSR count). The molecule has 28 heavy (non-hydrogen) atoms. The number of nitrogens with zero attached hydrogens (tertiary/aromatic N) is 4. The third kappa shape index (κ3) is 4.08. The van der Waals surface area contributed by atoms with Crippen molar-refractivity contribution in [2.24, 2.45) is 13.0 Å². The molecule has 154 valence electrons. The molecule has 0 bridgehead atoms. The summed E-state index contributed by atoms with van der Waals surface area (Å²) in [5, 5.41) is 9.98. The number of nitrogens with one attached hydrogen (secondary N) is 1. The molecular weight excluding hydrogens is 392 g/mol. The summed E-state index contributed by atoms with van der Waals surface area (Å²) in [6.45, 7) is 4.61. The molecule has 3 heterocycles. The molecule has 1 fully saturated rings. The van der Waals surface area contributed by atoms with Crippen LogP contribution in [0.25, 0.3) is 0 Å². The van der Waals surface area contributed by atoms with Gasteiger partial charge in [0.05, 0.1) is 21.9 Å². The second-order valence-corrected chi connectivity index (χ2v) is 9.36.